The molecule has 0 saturated heterocycles. The van der Waals surface area contributed by atoms with Gasteiger partial charge in [-0.05, 0) is 37.3 Å². The zero-order valence-electron chi connectivity index (χ0n) is 17.4. The number of hydrogen-bond acceptors (Lipinski definition) is 0. The Morgan fingerprint density at radius 1 is 0.880 bits per heavy atom. The Balaban J connectivity index is 2.58. The lowest BCUT2D eigenvalue weighted by atomic mass is 10.1. The molecule has 1 heteroatoms. The van der Waals surface area contributed by atoms with Crippen LogP contribution in [0.25, 0.3) is 0 Å². The molecular weight excluding hydrogens is 316 g/mol. The van der Waals surface area contributed by atoms with Crippen LogP contribution in [0.15, 0.2) is 42.5 Å². The van der Waals surface area contributed by atoms with E-state index in [0.717, 1.165) is 5.54 Å². The first kappa shape index (κ1) is 22.2. The Labute approximate surface area is 159 Å². The van der Waals surface area contributed by atoms with E-state index < -0.39 is 8.07 Å². The Bertz CT molecular complexity index is 444. The topological polar surface area (TPSA) is 0 Å². The molecule has 0 unspecified atom stereocenters. The smallest absolute Gasteiger partial charge is 0.0599 e. The monoisotopic (exact) mass is 358 g/mol. The second-order valence-corrected chi connectivity index (χ2v) is 13.1. The van der Waals surface area contributed by atoms with E-state index in [9.17, 15) is 0 Å². The highest BCUT2D eigenvalue weighted by Gasteiger charge is 2.35. The van der Waals surface area contributed by atoms with Gasteiger partial charge in [-0.3, -0.25) is 0 Å². The molecule has 0 aliphatic carbocycles. The highest BCUT2D eigenvalue weighted by atomic mass is 28.3. The summed E-state index contributed by atoms with van der Waals surface area (Å²) in [5.41, 5.74) is 2.41. The molecule has 1 rings (SSSR count). The van der Waals surface area contributed by atoms with Gasteiger partial charge in [0.1, 0.15) is 0 Å². The summed E-state index contributed by atoms with van der Waals surface area (Å²) in [7, 11) is -1.18. The van der Waals surface area contributed by atoms with Gasteiger partial charge in [-0.15, -0.1) is 0 Å². The minimum atomic E-state index is -1.18. The molecule has 0 amide bonds. The average molecular weight is 359 g/mol. The summed E-state index contributed by atoms with van der Waals surface area (Å²) < 4.78 is 0. The highest BCUT2D eigenvalue weighted by molar-refractivity contribution is 6.81. The molecule has 0 aromatic heterocycles. The van der Waals surface area contributed by atoms with Crippen LogP contribution in [0.1, 0.15) is 78.2 Å². The van der Waals surface area contributed by atoms with E-state index in [4.69, 9.17) is 0 Å². The van der Waals surface area contributed by atoms with Crippen molar-refractivity contribution in [2.75, 3.05) is 0 Å². The van der Waals surface area contributed by atoms with Crippen LogP contribution in [0.3, 0.4) is 0 Å². The molecule has 0 radical (unpaired) electrons. The van der Waals surface area contributed by atoms with E-state index in [2.05, 4.69) is 70.2 Å². The summed E-state index contributed by atoms with van der Waals surface area (Å²) in [4.78, 5) is 0. The Morgan fingerprint density at radius 2 is 1.60 bits per heavy atom. The van der Waals surface area contributed by atoms with Crippen LogP contribution >= 0.6 is 0 Å². The average Bonchev–Trinajstić information content (AvgIpc) is 2.66. The van der Waals surface area contributed by atoms with Crippen molar-refractivity contribution in [1.82, 2.24) is 0 Å². The molecule has 0 aliphatic rings. The van der Waals surface area contributed by atoms with Gasteiger partial charge in [0.2, 0.25) is 0 Å². The third-order valence-electron chi connectivity index (χ3n) is 6.22. The van der Waals surface area contributed by atoms with E-state index in [1.165, 1.54) is 75.1 Å². The van der Waals surface area contributed by atoms with Gasteiger partial charge in [0.15, 0.2) is 0 Å². The maximum Gasteiger partial charge on any atom is 0.0599 e. The van der Waals surface area contributed by atoms with Crippen molar-refractivity contribution in [3.63, 3.8) is 0 Å². The summed E-state index contributed by atoms with van der Waals surface area (Å²) in [6, 6.07) is 15.5. The molecular formula is C24H42Si. The van der Waals surface area contributed by atoms with Crippen molar-refractivity contribution in [1.29, 1.82) is 0 Å². The van der Waals surface area contributed by atoms with Crippen molar-refractivity contribution < 1.29 is 0 Å². The van der Waals surface area contributed by atoms with Crippen LogP contribution in [0.4, 0.5) is 0 Å². The normalized spacial score (nSPS) is 13.4. The van der Waals surface area contributed by atoms with E-state index in [1.807, 2.05) is 0 Å². The van der Waals surface area contributed by atoms with Crippen molar-refractivity contribution in [2.24, 2.45) is 0 Å². The summed E-state index contributed by atoms with van der Waals surface area (Å²) in [5.74, 6) is 0. The number of unbranched alkanes of at least 4 members (excludes halogenated alkanes) is 4. The molecule has 0 fully saturated rings. The van der Waals surface area contributed by atoms with Crippen molar-refractivity contribution in [3.05, 3.63) is 48.0 Å². The lowest BCUT2D eigenvalue weighted by Gasteiger charge is -2.37. The first-order valence-electron chi connectivity index (χ1n) is 10.9. The van der Waals surface area contributed by atoms with Crippen molar-refractivity contribution >= 4 is 8.07 Å². The predicted octanol–water partition coefficient (Wildman–Crippen LogP) is 8.41. The van der Waals surface area contributed by atoms with Crippen molar-refractivity contribution in [2.45, 2.75) is 103 Å². The fourth-order valence-corrected chi connectivity index (χ4v) is 9.39. The molecule has 142 valence electrons. The molecule has 1 atom stereocenters. The van der Waals surface area contributed by atoms with E-state index in [0.29, 0.717) is 0 Å². The molecule has 0 bridgehead atoms. The van der Waals surface area contributed by atoms with Crippen LogP contribution in [0.2, 0.25) is 23.7 Å². The molecule has 25 heavy (non-hydrogen) atoms. The van der Waals surface area contributed by atoms with Gasteiger partial charge >= 0.3 is 0 Å². The van der Waals surface area contributed by atoms with Crippen LogP contribution < -0.4 is 0 Å². The zero-order valence-corrected chi connectivity index (χ0v) is 18.4. The number of allylic oxidation sites excluding steroid dienone is 2. The Hall–Kier alpha value is -0.823. The third-order valence-corrected chi connectivity index (χ3v) is 12.4. The van der Waals surface area contributed by atoms with Gasteiger partial charge < -0.3 is 0 Å². The van der Waals surface area contributed by atoms with Gasteiger partial charge in [-0.25, -0.2) is 0 Å². The van der Waals surface area contributed by atoms with E-state index in [-0.39, 0.29) is 0 Å². The van der Waals surface area contributed by atoms with Gasteiger partial charge in [0.05, 0.1) is 8.07 Å². The molecule has 1 aromatic carbocycles. The first-order valence-corrected chi connectivity index (χ1v) is 13.6. The SMILES string of the molecule is C/C=C/[C@@H](CCCCCC)[Si](CC)(CC)CCCCc1ccccc1. The zero-order chi connectivity index (χ0) is 18.4. The molecule has 0 spiro atoms. The van der Waals surface area contributed by atoms with Crippen LogP contribution in [-0.4, -0.2) is 8.07 Å². The second-order valence-electron chi connectivity index (χ2n) is 7.74. The van der Waals surface area contributed by atoms with E-state index in [1.54, 1.807) is 0 Å². The van der Waals surface area contributed by atoms with Crippen LogP contribution in [-0.2, 0) is 6.42 Å². The van der Waals surface area contributed by atoms with Gasteiger partial charge in [-0.1, -0.05) is 113 Å². The lowest BCUT2D eigenvalue weighted by Crippen LogP contribution is -2.37. The predicted molar refractivity (Wildman–Crippen MR) is 118 cm³/mol. The largest absolute Gasteiger partial charge is 0.0917 e. The fourth-order valence-electron chi connectivity index (χ4n) is 4.39. The molecule has 0 saturated carbocycles. The summed E-state index contributed by atoms with van der Waals surface area (Å²) in [6.45, 7) is 9.50. The quantitative estimate of drug-likeness (QED) is 0.178. The molecule has 1 aromatic rings. The molecule has 0 nitrogen and oxygen atoms in total. The van der Waals surface area contributed by atoms with Gasteiger partial charge in [-0.2, -0.15) is 0 Å². The molecule has 0 N–H and O–H groups in total. The Morgan fingerprint density at radius 3 is 2.20 bits per heavy atom. The first-order chi connectivity index (χ1) is 12.2. The maximum atomic E-state index is 2.59. The number of rotatable bonds is 14. The fraction of sp³-hybridized carbons (Fsp3) is 0.667. The molecule has 0 heterocycles. The van der Waals surface area contributed by atoms with Crippen LogP contribution in [0, 0.1) is 0 Å². The molecule has 0 aliphatic heterocycles. The standard InChI is InChI=1S/C24H42Si/c1-5-9-10-14-21-24(17-6-2)25(7-3,8-4)22-16-15-20-23-18-12-11-13-19-23/h6,11-13,17-19,24H,5,7-10,14-16,20-22H2,1-4H3/b17-6+/t24-/m0/s1. The summed E-state index contributed by atoms with van der Waals surface area (Å²) in [6.07, 6.45) is 16.0. The van der Waals surface area contributed by atoms with E-state index >= 15 is 0 Å². The highest BCUT2D eigenvalue weighted by Crippen LogP contribution is 2.39. The summed E-state index contributed by atoms with van der Waals surface area (Å²) >= 11 is 0. The second kappa shape index (κ2) is 13.4. The van der Waals surface area contributed by atoms with Crippen molar-refractivity contribution in [3.8, 4) is 0 Å². The van der Waals surface area contributed by atoms with Gasteiger partial charge in [0.25, 0.3) is 0 Å². The number of hydrogen-bond donors (Lipinski definition) is 0. The lowest BCUT2D eigenvalue weighted by molar-refractivity contribution is 0.625. The minimum absolute atomic E-state index is 0.904. The van der Waals surface area contributed by atoms with Gasteiger partial charge in [0, 0.05) is 0 Å². The summed E-state index contributed by atoms with van der Waals surface area (Å²) in [5, 5.41) is 0. The number of benzene rings is 1. The maximum absolute atomic E-state index is 2.59. The van der Waals surface area contributed by atoms with Crippen LogP contribution in [0.5, 0.6) is 0 Å². The third kappa shape index (κ3) is 7.94. The Kier molecular flexibility index (Phi) is 11.9. The number of aryl methyl sites for hydroxylation is 1. The minimum Gasteiger partial charge on any atom is -0.0917 e.